The zero-order chi connectivity index (χ0) is 32.4. The third-order valence-electron chi connectivity index (χ3n) is 8.46. The SMILES string of the molecule is C=CCN(C(=O)OCc1ccc([N+](=O)[O-])cc1)C1CCN(CC[C@H](CN(C)S(=O)(=O)c2ccccc2)c2ccccc2)C(C)C1.Cl. The second-order valence-electron chi connectivity index (χ2n) is 11.5. The van der Waals surface area contributed by atoms with Gasteiger partial charge in [-0.15, -0.1) is 19.0 Å². The lowest BCUT2D eigenvalue weighted by Crippen LogP contribution is -2.51. The van der Waals surface area contributed by atoms with E-state index in [1.54, 1.807) is 60.5 Å². The lowest BCUT2D eigenvalue weighted by atomic mass is 9.93. The van der Waals surface area contributed by atoms with Crippen molar-refractivity contribution < 1.29 is 22.9 Å². The maximum Gasteiger partial charge on any atom is 0.410 e. The van der Waals surface area contributed by atoms with Crippen LogP contribution in [-0.2, 0) is 21.4 Å². The Morgan fingerprint density at radius 1 is 1.09 bits per heavy atom. The summed E-state index contributed by atoms with van der Waals surface area (Å²) in [4.78, 5) is 28.0. The number of hydrogen-bond acceptors (Lipinski definition) is 7. The Morgan fingerprint density at radius 3 is 2.30 bits per heavy atom. The molecule has 1 aliphatic rings. The van der Waals surface area contributed by atoms with Crippen LogP contribution in [0.25, 0.3) is 0 Å². The van der Waals surface area contributed by atoms with E-state index in [-0.39, 0.29) is 47.6 Å². The van der Waals surface area contributed by atoms with Gasteiger partial charge >= 0.3 is 6.09 Å². The molecule has 10 nitrogen and oxygen atoms in total. The molecular formula is C34H43ClN4O6S. The number of likely N-dealkylation sites (tertiary alicyclic amines) is 1. The number of rotatable bonds is 14. The maximum absolute atomic E-state index is 13.3. The van der Waals surface area contributed by atoms with E-state index in [9.17, 15) is 23.3 Å². The molecule has 248 valence electrons. The number of carbonyl (C=O) groups excluding carboxylic acids is 1. The van der Waals surface area contributed by atoms with Crippen LogP contribution in [0.1, 0.15) is 43.2 Å². The first-order valence-corrected chi connectivity index (χ1v) is 16.6. The molecule has 3 aromatic carbocycles. The largest absolute Gasteiger partial charge is 0.445 e. The number of piperidine rings is 1. The molecule has 0 saturated carbocycles. The number of nitro benzene ring substituents is 1. The Kier molecular flexibility index (Phi) is 13.7. The van der Waals surface area contributed by atoms with Gasteiger partial charge in [0.1, 0.15) is 6.61 Å². The van der Waals surface area contributed by atoms with E-state index in [0.717, 1.165) is 37.9 Å². The van der Waals surface area contributed by atoms with Gasteiger partial charge in [-0.05, 0) is 74.0 Å². The van der Waals surface area contributed by atoms with Gasteiger partial charge in [0.2, 0.25) is 10.0 Å². The van der Waals surface area contributed by atoms with Gasteiger partial charge in [0.15, 0.2) is 0 Å². The van der Waals surface area contributed by atoms with Crippen LogP contribution in [0.4, 0.5) is 10.5 Å². The lowest BCUT2D eigenvalue weighted by Gasteiger charge is -2.42. The predicted octanol–water partition coefficient (Wildman–Crippen LogP) is 6.49. The van der Waals surface area contributed by atoms with Gasteiger partial charge < -0.3 is 14.5 Å². The van der Waals surface area contributed by atoms with Gasteiger partial charge in [-0.2, -0.15) is 0 Å². The van der Waals surface area contributed by atoms with Crippen LogP contribution < -0.4 is 0 Å². The minimum Gasteiger partial charge on any atom is -0.445 e. The average Bonchev–Trinajstić information content (AvgIpc) is 3.05. The molecular weight excluding hydrogens is 628 g/mol. The molecule has 0 N–H and O–H groups in total. The third kappa shape index (κ3) is 9.62. The smallest absolute Gasteiger partial charge is 0.410 e. The summed E-state index contributed by atoms with van der Waals surface area (Å²) < 4.78 is 33.6. The minimum absolute atomic E-state index is 0. The molecule has 46 heavy (non-hydrogen) atoms. The summed E-state index contributed by atoms with van der Waals surface area (Å²) in [5, 5.41) is 10.9. The number of ether oxygens (including phenoxy) is 1. The first-order chi connectivity index (χ1) is 21.6. The van der Waals surface area contributed by atoms with Gasteiger partial charge in [-0.25, -0.2) is 17.5 Å². The van der Waals surface area contributed by atoms with Crippen LogP contribution in [0.2, 0.25) is 0 Å². The van der Waals surface area contributed by atoms with E-state index in [1.165, 1.54) is 16.4 Å². The highest BCUT2D eigenvalue weighted by atomic mass is 35.5. The number of halogens is 1. The van der Waals surface area contributed by atoms with Crippen molar-refractivity contribution in [1.29, 1.82) is 0 Å². The molecule has 1 saturated heterocycles. The summed E-state index contributed by atoms with van der Waals surface area (Å²) in [5.74, 6) is 0.00581. The van der Waals surface area contributed by atoms with Crippen LogP contribution in [0, 0.1) is 10.1 Å². The van der Waals surface area contributed by atoms with E-state index in [1.807, 2.05) is 18.2 Å². The number of nitrogens with zero attached hydrogens (tertiary/aromatic N) is 4. The van der Waals surface area contributed by atoms with Gasteiger partial charge in [-0.1, -0.05) is 54.6 Å². The summed E-state index contributed by atoms with van der Waals surface area (Å²) >= 11 is 0. The molecule has 3 atom stereocenters. The molecule has 1 heterocycles. The van der Waals surface area contributed by atoms with Crippen molar-refractivity contribution in [2.45, 2.75) is 55.7 Å². The molecule has 12 heteroatoms. The number of likely N-dealkylation sites (N-methyl/N-ethyl adjacent to an activating group) is 1. The lowest BCUT2D eigenvalue weighted by molar-refractivity contribution is -0.384. The first-order valence-electron chi connectivity index (χ1n) is 15.2. The number of sulfonamides is 1. The zero-order valence-electron chi connectivity index (χ0n) is 26.3. The van der Waals surface area contributed by atoms with Crippen molar-refractivity contribution in [2.75, 3.05) is 33.2 Å². The van der Waals surface area contributed by atoms with E-state index < -0.39 is 21.0 Å². The fourth-order valence-corrected chi connectivity index (χ4v) is 7.09. The fourth-order valence-electron chi connectivity index (χ4n) is 5.86. The van der Waals surface area contributed by atoms with E-state index in [0.29, 0.717) is 18.7 Å². The molecule has 1 amide bonds. The summed E-state index contributed by atoms with van der Waals surface area (Å²) in [6.45, 7) is 8.30. The molecule has 4 rings (SSSR count). The summed E-state index contributed by atoms with van der Waals surface area (Å²) in [5.41, 5.74) is 1.76. The Hall–Kier alpha value is -3.77. The van der Waals surface area contributed by atoms with Gasteiger partial charge in [0, 0.05) is 50.9 Å². The molecule has 0 spiro atoms. The third-order valence-corrected chi connectivity index (χ3v) is 10.3. The Bertz CT molecular complexity index is 1530. The number of nitro groups is 1. The molecule has 2 unspecified atom stereocenters. The molecule has 1 aliphatic heterocycles. The Labute approximate surface area is 278 Å². The van der Waals surface area contributed by atoms with Crippen LogP contribution in [0.5, 0.6) is 0 Å². The Morgan fingerprint density at radius 2 is 1.72 bits per heavy atom. The van der Waals surface area contributed by atoms with Crippen LogP contribution >= 0.6 is 12.4 Å². The van der Waals surface area contributed by atoms with Crippen molar-refractivity contribution in [2.24, 2.45) is 0 Å². The summed E-state index contributed by atoms with van der Waals surface area (Å²) in [7, 11) is -1.98. The molecule has 0 aliphatic carbocycles. The number of hydrogen-bond donors (Lipinski definition) is 0. The quantitative estimate of drug-likeness (QED) is 0.109. The highest BCUT2D eigenvalue weighted by Gasteiger charge is 2.33. The standard InChI is InChI=1S/C34H42N4O6S.ClH/c1-4-21-37(34(39)44-26-28-15-17-31(18-16-28)38(40)41)32-20-23-36(27(2)24-32)22-19-30(29-11-7-5-8-12-29)25-35(3)45(42,43)33-13-9-6-10-14-33;/h4-18,27,30,32H,1,19-26H2,2-3H3;1H/t27?,30-,32?;/m1./s1. The van der Waals surface area contributed by atoms with Gasteiger partial charge in [0.25, 0.3) is 5.69 Å². The number of carbonyl (C=O) groups is 1. The van der Waals surface area contributed by atoms with Crippen LogP contribution in [0.15, 0.2) is 102 Å². The highest BCUT2D eigenvalue weighted by molar-refractivity contribution is 7.89. The monoisotopic (exact) mass is 670 g/mol. The van der Waals surface area contributed by atoms with Gasteiger partial charge in [0.05, 0.1) is 9.82 Å². The van der Waals surface area contributed by atoms with E-state index in [2.05, 4.69) is 30.5 Å². The number of non-ortho nitro benzene ring substituents is 1. The van der Waals surface area contributed by atoms with E-state index >= 15 is 0 Å². The molecule has 0 radical (unpaired) electrons. The summed E-state index contributed by atoms with van der Waals surface area (Å²) in [6.07, 6.45) is 3.56. The number of benzene rings is 3. The van der Waals surface area contributed by atoms with Crippen LogP contribution in [0.3, 0.4) is 0 Å². The molecule has 1 fully saturated rings. The minimum atomic E-state index is -3.62. The number of amides is 1. The molecule has 0 bridgehead atoms. The van der Waals surface area contributed by atoms with Crippen molar-refractivity contribution in [3.05, 3.63) is 119 Å². The van der Waals surface area contributed by atoms with Gasteiger partial charge in [-0.3, -0.25) is 10.1 Å². The van der Waals surface area contributed by atoms with Crippen LogP contribution in [-0.4, -0.2) is 78.8 Å². The van der Waals surface area contributed by atoms with E-state index in [4.69, 9.17) is 4.74 Å². The molecule has 0 aromatic heterocycles. The fraction of sp³-hybridized carbons (Fsp3) is 0.382. The Balaban J connectivity index is 0.00000576. The topological polar surface area (TPSA) is 113 Å². The average molecular weight is 671 g/mol. The maximum atomic E-state index is 13.3. The zero-order valence-corrected chi connectivity index (χ0v) is 27.9. The van der Waals surface area contributed by atoms with Crippen molar-refractivity contribution in [3.8, 4) is 0 Å². The van der Waals surface area contributed by atoms with Crippen molar-refractivity contribution in [3.63, 3.8) is 0 Å². The van der Waals surface area contributed by atoms with Crippen molar-refractivity contribution >= 4 is 34.2 Å². The summed E-state index contributed by atoms with van der Waals surface area (Å²) in [6, 6.07) is 24.7. The predicted molar refractivity (Wildman–Crippen MR) is 182 cm³/mol. The first kappa shape index (κ1) is 36.7. The van der Waals surface area contributed by atoms with Crippen molar-refractivity contribution in [1.82, 2.24) is 14.1 Å². The second-order valence-corrected chi connectivity index (χ2v) is 13.5. The highest BCUT2D eigenvalue weighted by Crippen LogP contribution is 2.28. The normalized spacial score (nSPS) is 17.5. The molecule has 3 aromatic rings. The second kappa shape index (κ2) is 17.2.